The highest BCUT2D eigenvalue weighted by atomic mass is 16.6. The van der Waals surface area contributed by atoms with Crippen LogP contribution >= 0.6 is 0 Å². The first-order valence-corrected chi connectivity index (χ1v) is 4.16. The highest BCUT2D eigenvalue weighted by molar-refractivity contribution is 5.43. The fourth-order valence-corrected chi connectivity index (χ4v) is 1.23. The molecule has 0 aliphatic heterocycles. The molecule has 1 unspecified atom stereocenters. The van der Waals surface area contributed by atoms with E-state index >= 15 is 0 Å². The minimum Gasteiger partial charge on any atom is -0.495 e. The lowest BCUT2D eigenvalue weighted by atomic mass is 10.1. The van der Waals surface area contributed by atoms with E-state index < -0.39 is 0 Å². The molecule has 0 saturated heterocycles. The second-order valence-electron chi connectivity index (χ2n) is 2.74. The van der Waals surface area contributed by atoms with E-state index in [0.717, 1.165) is 5.56 Å². The summed E-state index contributed by atoms with van der Waals surface area (Å²) in [7, 11) is 3.12. The van der Waals surface area contributed by atoms with Gasteiger partial charge in [-0.15, -0.1) is 0 Å². The second kappa shape index (κ2) is 4.78. The van der Waals surface area contributed by atoms with E-state index in [1.54, 1.807) is 33.5 Å². The first kappa shape index (κ1) is 10.7. The van der Waals surface area contributed by atoms with Gasteiger partial charge in [0, 0.05) is 0 Å². The number of ether oxygens (including phenoxy) is 2. The van der Waals surface area contributed by atoms with Crippen molar-refractivity contribution in [2.24, 2.45) is 5.90 Å². The van der Waals surface area contributed by atoms with Gasteiger partial charge in [-0.3, -0.25) is 9.82 Å². The number of methoxy groups -OCH3 is 2. The van der Waals surface area contributed by atoms with Crippen molar-refractivity contribution >= 4 is 0 Å². The Morgan fingerprint density at radius 3 is 2.07 bits per heavy atom. The summed E-state index contributed by atoms with van der Waals surface area (Å²) >= 11 is 0. The van der Waals surface area contributed by atoms with Crippen molar-refractivity contribution in [3.63, 3.8) is 0 Å². The van der Waals surface area contributed by atoms with Crippen molar-refractivity contribution in [2.45, 2.75) is 13.0 Å². The van der Waals surface area contributed by atoms with Crippen LogP contribution in [-0.2, 0) is 4.84 Å². The van der Waals surface area contributed by atoms with Crippen LogP contribution in [0.1, 0.15) is 18.6 Å². The molecular weight excluding hydrogens is 184 g/mol. The smallest absolute Gasteiger partial charge is 0.146 e. The lowest BCUT2D eigenvalue weighted by Gasteiger charge is -2.16. The zero-order chi connectivity index (χ0) is 10.6. The number of nitrogens with two attached hydrogens (primary N) is 1. The van der Waals surface area contributed by atoms with Crippen LogP contribution in [0.25, 0.3) is 0 Å². The van der Waals surface area contributed by atoms with Crippen LogP contribution in [-0.4, -0.2) is 19.2 Å². The maximum absolute atomic E-state index is 5.13. The van der Waals surface area contributed by atoms with Crippen molar-refractivity contribution < 1.29 is 14.3 Å². The van der Waals surface area contributed by atoms with Crippen molar-refractivity contribution in [1.29, 1.82) is 0 Å². The van der Waals surface area contributed by atoms with Crippen LogP contribution in [0.5, 0.6) is 11.5 Å². The molecule has 0 aliphatic carbocycles. The van der Waals surface area contributed by atoms with Crippen molar-refractivity contribution in [1.82, 2.24) is 4.98 Å². The number of aromatic nitrogens is 1. The van der Waals surface area contributed by atoms with E-state index in [2.05, 4.69) is 4.98 Å². The normalized spacial score (nSPS) is 12.3. The monoisotopic (exact) mass is 198 g/mol. The summed E-state index contributed by atoms with van der Waals surface area (Å²) in [5.74, 6) is 6.32. The van der Waals surface area contributed by atoms with Gasteiger partial charge in [0.2, 0.25) is 0 Å². The molecule has 1 rings (SSSR count). The molecule has 0 aliphatic rings. The average Bonchev–Trinajstić information content (AvgIpc) is 2.26. The third-order valence-electron chi connectivity index (χ3n) is 1.96. The largest absolute Gasteiger partial charge is 0.495 e. The van der Waals surface area contributed by atoms with E-state index in [1.165, 1.54) is 0 Å². The summed E-state index contributed by atoms with van der Waals surface area (Å²) in [6.45, 7) is 1.81. The van der Waals surface area contributed by atoms with Crippen molar-refractivity contribution in [2.75, 3.05) is 14.2 Å². The van der Waals surface area contributed by atoms with E-state index in [-0.39, 0.29) is 6.10 Å². The summed E-state index contributed by atoms with van der Waals surface area (Å²) in [5.41, 5.74) is 0.757. The van der Waals surface area contributed by atoms with Gasteiger partial charge in [0.15, 0.2) is 0 Å². The summed E-state index contributed by atoms with van der Waals surface area (Å²) in [6, 6.07) is 0. The molecule has 5 heteroatoms. The Morgan fingerprint density at radius 2 is 1.71 bits per heavy atom. The topological polar surface area (TPSA) is 66.6 Å². The quantitative estimate of drug-likeness (QED) is 0.732. The molecule has 1 aromatic rings. The van der Waals surface area contributed by atoms with Gasteiger partial charge in [-0.1, -0.05) is 0 Å². The molecule has 1 aromatic heterocycles. The molecule has 0 fully saturated rings. The van der Waals surface area contributed by atoms with Gasteiger partial charge in [0.05, 0.1) is 32.2 Å². The zero-order valence-corrected chi connectivity index (χ0v) is 8.48. The maximum atomic E-state index is 5.13. The molecule has 0 amide bonds. The van der Waals surface area contributed by atoms with Gasteiger partial charge < -0.3 is 9.47 Å². The number of hydrogen-bond donors (Lipinski definition) is 1. The van der Waals surface area contributed by atoms with Gasteiger partial charge in [-0.2, -0.15) is 0 Å². The minimum absolute atomic E-state index is 0.303. The molecule has 0 saturated carbocycles. The summed E-state index contributed by atoms with van der Waals surface area (Å²) in [5, 5.41) is 0. The van der Waals surface area contributed by atoms with Gasteiger partial charge in [0.1, 0.15) is 17.6 Å². The van der Waals surface area contributed by atoms with E-state index in [0.29, 0.717) is 11.5 Å². The molecule has 14 heavy (non-hydrogen) atoms. The maximum Gasteiger partial charge on any atom is 0.146 e. The molecule has 1 heterocycles. The van der Waals surface area contributed by atoms with Gasteiger partial charge in [-0.05, 0) is 6.92 Å². The second-order valence-corrected chi connectivity index (χ2v) is 2.74. The van der Waals surface area contributed by atoms with Crippen LogP contribution in [0, 0.1) is 0 Å². The third kappa shape index (κ3) is 1.94. The molecule has 5 nitrogen and oxygen atoms in total. The first-order chi connectivity index (χ1) is 6.74. The van der Waals surface area contributed by atoms with E-state index in [9.17, 15) is 0 Å². The predicted octanol–water partition coefficient (Wildman–Crippen LogP) is 1.05. The Kier molecular flexibility index (Phi) is 3.67. The van der Waals surface area contributed by atoms with Gasteiger partial charge in [-0.25, -0.2) is 5.90 Å². The molecule has 2 N–H and O–H groups in total. The average molecular weight is 198 g/mol. The predicted molar refractivity (Wildman–Crippen MR) is 51.0 cm³/mol. The SMILES string of the molecule is COc1cncc(OC)c1C(C)ON. The minimum atomic E-state index is -0.303. The number of nitrogens with zero attached hydrogens (tertiary/aromatic N) is 1. The van der Waals surface area contributed by atoms with E-state index in [4.69, 9.17) is 20.2 Å². The van der Waals surface area contributed by atoms with Crippen LogP contribution in [0.15, 0.2) is 12.4 Å². The number of rotatable bonds is 4. The lowest BCUT2D eigenvalue weighted by Crippen LogP contribution is -2.09. The van der Waals surface area contributed by atoms with Crippen molar-refractivity contribution in [3.8, 4) is 11.5 Å². The van der Waals surface area contributed by atoms with Gasteiger partial charge >= 0.3 is 0 Å². The first-order valence-electron chi connectivity index (χ1n) is 4.16. The zero-order valence-electron chi connectivity index (χ0n) is 8.48. The van der Waals surface area contributed by atoms with Crippen LogP contribution in [0.3, 0.4) is 0 Å². The van der Waals surface area contributed by atoms with Crippen LogP contribution in [0.4, 0.5) is 0 Å². The fraction of sp³-hybridized carbons (Fsp3) is 0.444. The molecule has 0 aromatic carbocycles. The molecule has 0 bridgehead atoms. The Hall–Kier alpha value is -1.33. The van der Waals surface area contributed by atoms with Crippen molar-refractivity contribution in [3.05, 3.63) is 18.0 Å². The Labute approximate surface area is 82.7 Å². The molecule has 0 spiro atoms. The Bertz CT molecular complexity index is 282. The van der Waals surface area contributed by atoms with E-state index in [1.807, 2.05) is 0 Å². The molecule has 0 radical (unpaired) electrons. The Balaban J connectivity index is 3.18. The molecular formula is C9H14N2O3. The highest BCUT2D eigenvalue weighted by Crippen LogP contribution is 2.33. The van der Waals surface area contributed by atoms with Crippen LogP contribution < -0.4 is 15.4 Å². The number of hydrogen-bond acceptors (Lipinski definition) is 5. The molecule has 78 valence electrons. The summed E-state index contributed by atoms with van der Waals surface area (Å²) in [6.07, 6.45) is 2.88. The summed E-state index contributed by atoms with van der Waals surface area (Å²) < 4.78 is 10.3. The highest BCUT2D eigenvalue weighted by Gasteiger charge is 2.17. The lowest BCUT2D eigenvalue weighted by molar-refractivity contribution is 0.0626. The molecule has 1 atom stereocenters. The van der Waals surface area contributed by atoms with Gasteiger partial charge in [0.25, 0.3) is 0 Å². The fourth-order valence-electron chi connectivity index (χ4n) is 1.23. The summed E-state index contributed by atoms with van der Waals surface area (Å²) in [4.78, 5) is 8.69. The number of pyridine rings is 1. The third-order valence-corrected chi connectivity index (χ3v) is 1.96. The van der Waals surface area contributed by atoms with Crippen LogP contribution in [0.2, 0.25) is 0 Å². The standard InChI is InChI=1S/C9H14N2O3/c1-6(14-10)9-7(12-2)4-11-5-8(9)13-3/h4-6H,10H2,1-3H3. The Morgan fingerprint density at radius 1 is 1.21 bits per heavy atom.